The summed E-state index contributed by atoms with van der Waals surface area (Å²) < 4.78 is 6.91. The number of piperidine rings is 1. The van der Waals surface area contributed by atoms with Gasteiger partial charge in [0.05, 0.1) is 11.7 Å². The first kappa shape index (κ1) is 19.3. The molecule has 0 spiro atoms. The standard InChI is InChI=1S/C23H26INOS/c1-15(2)17-7-8-18-21(13-17)27-20-6-4-5-19(26-3)23(20)22(18)16-9-11-25(14-24)12-10-16/h4-8,13,15H,9-12,14H2,1-3H3. The maximum absolute atomic E-state index is 5.79. The van der Waals surface area contributed by atoms with Gasteiger partial charge in [-0.2, -0.15) is 0 Å². The predicted molar refractivity (Wildman–Crippen MR) is 123 cm³/mol. The fraction of sp³-hybridized carbons (Fsp3) is 0.391. The van der Waals surface area contributed by atoms with Crippen molar-refractivity contribution in [3.05, 3.63) is 58.7 Å². The van der Waals surface area contributed by atoms with Crippen molar-refractivity contribution in [3.8, 4) is 5.75 Å². The van der Waals surface area contributed by atoms with E-state index in [2.05, 4.69) is 77.7 Å². The number of hydrogen-bond donors (Lipinski definition) is 0. The van der Waals surface area contributed by atoms with Gasteiger partial charge in [0.25, 0.3) is 0 Å². The van der Waals surface area contributed by atoms with Crippen LogP contribution in [0.25, 0.3) is 5.57 Å². The fourth-order valence-electron chi connectivity index (χ4n) is 4.01. The van der Waals surface area contributed by atoms with E-state index in [0.717, 1.165) is 36.2 Å². The lowest BCUT2D eigenvalue weighted by molar-refractivity contribution is 0.307. The zero-order chi connectivity index (χ0) is 19.0. The van der Waals surface area contributed by atoms with Crippen LogP contribution in [-0.2, 0) is 0 Å². The quantitative estimate of drug-likeness (QED) is 0.234. The summed E-state index contributed by atoms with van der Waals surface area (Å²) in [6.45, 7) is 6.84. The second-order valence-corrected chi connectivity index (χ2v) is 9.33. The number of halogens is 1. The van der Waals surface area contributed by atoms with Crippen molar-refractivity contribution in [2.75, 3.05) is 24.8 Å². The SMILES string of the molecule is COc1cccc2c1C(=C1CCN(CI)CC1)c1ccc(C(C)C)cc1S2. The molecule has 1 saturated heterocycles. The second-order valence-electron chi connectivity index (χ2n) is 7.56. The van der Waals surface area contributed by atoms with Crippen LogP contribution in [-0.4, -0.2) is 29.7 Å². The molecule has 1 fully saturated rings. The average Bonchev–Trinajstić information content (AvgIpc) is 2.71. The van der Waals surface area contributed by atoms with E-state index < -0.39 is 0 Å². The van der Waals surface area contributed by atoms with Crippen LogP contribution < -0.4 is 4.74 Å². The number of nitrogens with zero attached hydrogens (tertiary/aromatic N) is 1. The van der Waals surface area contributed by atoms with E-state index in [1.54, 1.807) is 12.7 Å². The van der Waals surface area contributed by atoms with Crippen LogP contribution in [0, 0.1) is 0 Å². The van der Waals surface area contributed by atoms with Gasteiger partial charge in [-0.3, -0.25) is 4.90 Å². The predicted octanol–water partition coefficient (Wildman–Crippen LogP) is 6.57. The molecule has 4 rings (SSSR count). The number of likely N-dealkylation sites (tertiary alicyclic amines) is 1. The van der Waals surface area contributed by atoms with Gasteiger partial charge in [-0.25, -0.2) is 0 Å². The monoisotopic (exact) mass is 491 g/mol. The van der Waals surface area contributed by atoms with Crippen molar-refractivity contribution >= 4 is 39.9 Å². The number of ether oxygens (including phenoxy) is 1. The lowest BCUT2D eigenvalue weighted by Crippen LogP contribution is -2.29. The zero-order valence-corrected chi connectivity index (χ0v) is 19.2. The molecule has 2 aliphatic heterocycles. The first-order valence-corrected chi connectivity index (χ1v) is 12.0. The van der Waals surface area contributed by atoms with E-state index in [0.29, 0.717) is 5.92 Å². The Morgan fingerprint density at radius 1 is 1.11 bits per heavy atom. The molecule has 2 heterocycles. The average molecular weight is 491 g/mol. The molecule has 0 bridgehead atoms. The number of fused-ring (bicyclic) bond motifs is 2. The third-order valence-corrected chi connectivity index (χ3v) is 7.68. The van der Waals surface area contributed by atoms with E-state index in [-0.39, 0.29) is 0 Å². The summed E-state index contributed by atoms with van der Waals surface area (Å²) in [6, 6.07) is 13.5. The Kier molecular flexibility index (Phi) is 5.86. The Hall–Kier alpha value is -0.980. The normalized spacial score (nSPS) is 17.1. The second kappa shape index (κ2) is 8.18. The minimum Gasteiger partial charge on any atom is -0.496 e. The van der Waals surface area contributed by atoms with Crippen molar-refractivity contribution < 1.29 is 4.74 Å². The molecule has 0 aromatic heterocycles. The van der Waals surface area contributed by atoms with E-state index in [1.165, 1.54) is 32.1 Å². The Balaban J connectivity index is 1.89. The number of rotatable bonds is 3. The van der Waals surface area contributed by atoms with Gasteiger partial charge in [0, 0.05) is 28.4 Å². The maximum atomic E-state index is 5.79. The molecule has 0 unspecified atom stereocenters. The number of methoxy groups -OCH3 is 1. The van der Waals surface area contributed by atoms with Crippen molar-refractivity contribution in [2.45, 2.75) is 42.4 Å². The van der Waals surface area contributed by atoms with Gasteiger partial charge in [0.2, 0.25) is 0 Å². The highest BCUT2D eigenvalue weighted by molar-refractivity contribution is 14.1. The molecular formula is C23H26INOS. The summed E-state index contributed by atoms with van der Waals surface area (Å²) in [4.78, 5) is 5.25. The van der Waals surface area contributed by atoms with E-state index in [1.807, 2.05) is 11.8 Å². The molecule has 4 heteroatoms. The topological polar surface area (TPSA) is 12.5 Å². The first-order valence-electron chi connectivity index (χ1n) is 9.62. The van der Waals surface area contributed by atoms with E-state index >= 15 is 0 Å². The molecule has 0 radical (unpaired) electrons. The van der Waals surface area contributed by atoms with Crippen molar-refractivity contribution in [1.29, 1.82) is 0 Å². The Morgan fingerprint density at radius 2 is 1.89 bits per heavy atom. The van der Waals surface area contributed by atoms with Crippen LogP contribution >= 0.6 is 34.4 Å². The Bertz CT molecular complexity index is 880. The molecule has 0 aliphatic carbocycles. The largest absolute Gasteiger partial charge is 0.496 e. The molecule has 27 heavy (non-hydrogen) atoms. The van der Waals surface area contributed by atoms with Crippen LogP contribution in [0.2, 0.25) is 0 Å². The molecule has 0 amide bonds. The molecule has 2 aromatic rings. The molecule has 2 aromatic carbocycles. The highest BCUT2D eigenvalue weighted by Crippen LogP contribution is 2.51. The van der Waals surface area contributed by atoms with Crippen molar-refractivity contribution in [2.24, 2.45) is 0 Å². The highest BCUT2D eigenvalue weighted by atomic mass is 127. The van der Waals surface area contributed by atoms with E-state index in [4.69, 9.17) is 4.74 Å². The summed E-state index contributed by atoms with van der Waals surface area (Å²) >= 11 is 4.37. The van der Waals surface area contributed by atoms with Crippen LogP contribution in [0.1, 0.15) is 49.3 Å². The van der Waals surface area contributed by atoms with Crippen molar-refractivity contribution in [3.63, 3.8) is 0 Å². The van der Waals surface area contributed by atoms with Gasteiger partial charge >= 0.3 is 0 Å². The maximum Gasteiger partial charge on any atom is 0.127 e. The van der Waals surface area contributed by atoms with Crippen LogP contribution in [0.3, 0.4) is 0 Å². The fourth-order valence-corrected chi connectivity index (χ4v) is 5.86. The van der Waals surface area contributed by atoms with Crippen molar-refractivity contribution in [1.82, 2.24) is 4.90 Å². The summed E-state index contributed by atoms with van der Waals surface area (Å²) in [5, 5.41) is 0. The zero-order valence-electron chi connectivity index (χ0n) is 16.2. The summed E-state index contributed by atoms with van der Waals surface area (Å²) in [7, 11) is 1.79. The molecule has 0 N–H and O–H groups in total. The van der Waals surface area contributed by atoms with Gasteiger partial charge in [-0.05, 0) is 53.7 Å². The third-order valence-electron chi connectivity index (χ3n) is 5.60. The molecule has 0 saturated carbocycles. The minimum atomic E-state index is 0.547. The van der Waals surface area contributed by atoms with Gasteiger partial charge in [0.1, 0.15) is 5.75 Å². The first-order chi connectivity index (χ1) is 13.1. The summed E-state index contributed by atoms with van der Waals surface area (Å²) in [5.74, 6) is 1.54. The third kappa shape index (κ3) is 3.68. The van der Waals surface area contributed by atoms with Gasteiger partial charge in [-0.15, -0.1) is 0 Å². The molecular weight excluding hydrogens is 465 g/mol. The molecule has 2 nitrogen and oxygen atoms in total. The highest BCUT2D eigenvalue weighted by Gasteiger charge is 2.28. The number of alkyl halides is 1. The van der Waals surface area contributed by atoms with Gasteiger partial charge in [0.15, 0.2) is 0 Å². The Morgan fingerprint density at radius 3 is 2.56 bits per heavy atom. The lowest BCUT2D eigenvalue weighted by atomic mass is 9.86. The lowest BCUT2D eigenvalue weighted by Gasteiger charge is -2.32. The smallest absolute Gasteiger partial charge is 0.127 e. The number of hydrogen-bond acceptors (Lipinski definition) is 3. The van der Waals surface area contributed by atoms with Gasteiger partial charge in [-0.1, -0.05) is 72.0 Å². The molecule has 0 atom stereocenters. The van der Waals surface area contributed by atoms with Crippen LogP contribution in [0.4, 0.5) is 0 Å². The summed E-state index contributed by atoms with van der Waals surface area (Å²) in [6.07, 6.45) is 2.29. The molecule has 142 valence electrons. The number of benzene rings is 2. The van der Waals surface area contributed by atoms with Crippen LogP contribution in [0.15, 0.2) is 51.8 Å². The van der Waals surface area contributed by atoms with E-state index in [9.17, 15) is 0 Å². The van der Waals surface area contributed by atoms with Gasteiger partial charge < -0.3 is 4.74 Å². The summed E-state index contributed by atoms with van der Waals surface area (Å²) in [5.41, 5.74) is 7.11. The van der Waals surface area contributed by atoms with Crippen LogP contribution in [0.5, 0.6) is 5.75 Å². The minimum absolute atomic E-state index is 0.547. The molecule has 2 aliphatic rings. The Labute approximate surface area is 180 Å².